The normalized spacial score (nSPS) is 16.9. The van der Waals surface area contributed by atoms with E-state index in [9.17, 15) is 0 Å². The van der Waals surface area contributed by atoms with E-state index in [-0.39, 0.29) is 0 Å². The van der Waals surface area contributed by atoms with Crippen LogP contribution < -0.4 is 4.31 Å². The van der Waals surface area contributed by atoms with Crippen molar-refractivity contribution in [3.8, 4) is 0 Å². The molecule has 0 aliphatic carbocycles. The maximum Gasteiger partial charge on any atom is 0.0481 e. The SMILES string of the molecule is Brc1cccc(N2CCCS2)c1. The molecule has 0 amide bonds. The Morgan fingerprint density at radius 2 is 2.33 bits per heavy atom. The van der Waals surface area contributed by atoms with Crippen molar-refractivity contribution in [3.63, 3.8) is 0 Å². The molecule has 1 fully saturated rings. The summed E-state index contributed by atoms with van der Waals surface area (Å²) in [4.78, 5) is 0. The topological polar surface area (TPSA) is 3.24 Å². The number of hydrogen-bond acceptors (Lipinski definition) is 2. The molecule has 1 aliphatic rings. The molecule has 0 atom stereocenters. The minimum atomic E-state index is 1.16. The van der Waals surface area contributed by atoms with E-state index in [2.05, 4.69) is 44.5 Å². The zero-order chi connectivity index (χ0) is 8.39. The van der Waals surface area contributed by atoms with Gasteiger partial charge in [0.1, 0.15) is 0 Å². The van der Waals surface area contributed by atoms with Gasteiger partial charge in [-0.1, -0.05) is 22.0 Å². The zero-order valence-corrected chi connectivity index (χ0v) is 9.07. The lowest BCUT2D eigenvalue weighted by molar-refractivity contribution is 0.989. The van der Waals surface area contributed by atoms with Crippen LogP contribution in [0.4, 0.5) is 5.69 Å². The summed E-state index contributed by atoms with van der Waals surface area (Å²) in [6, 6.07) is 8.46. The summed E-state index contributed by atoms with van der Waals surface area (Å²) in [6.07, 6.45) is 1.30. The van der Waals surface area contributed by atoms with Crippen molar-refractivity contribution in [2.75, 3.05) is 16.6 Å². The highest BCUT2D eigenvalue weighted by Crippen LogP contribution is 2.29. The third-order valence-corrected chi connectivity index (χ3v) is 3.52. The Morgan fingerprint density at radius 3 is 3.00 bits per heavy atom. The Kier molecular flexibility index (Phi) is 2.61. The van der Waals surface area contributed by atoms with Gasteiger partial charge in [-0.15, -0.1) is 0 Å². The lowest BCUT2D eigenvalue weighted by Gasteiger charge is -2.15. The predicted octanol–water partition coefficient (Wildman–Crippen LogP) is 3.31. The fourth-order valence-electron chi connectivity index (χ4n) is 1.28. The van der Waals surface area contributed by atoms with Crippen LogP contribution in [-0.4, -0.2) is 12.3 Å². The molecular weight excluding hydrogens is 234 g/mol. The van der Waals surface area contributed by atoms with Crippen molar-refractivity contribution in [1.29, 1.82) is 0 Å². The number of nitrogens with zero attached hydrogens (tertiary/aromatic N) is 1. The molecule has 1 aromatic rings. The van der Waals surface area contributed by atoms with E-state index in [1.807, 2.05) is 11.9 Å². The molecule has 0 radical (unpaired) electrons. The van der Waals surface area contributed by atoms with Crippen LogP contribution in [0.25, 0.3) is 0 Å². The molecule has 1 saturated heterocycles. The van der Waals surface area contributed by atoms with Crippen molar-refractivity contribution >= 4 is 33.6 Å². The smallest absolute Gasteiger partial charge is 0.0481 e. The second-order valence-corrected chi connectivity index (χ2v) is 4.79. The average molecular weight is 244 g/mol. The standard InChI is InChI=1S/C9H10BrNS/c10-8-3-1-4-9(7-8)11-5-2-6-12-11/h1,3-4,7H,2,5-6H2. The molecule has 1 nitrogen and oxygen atoms in total. The molecule has 0 unspecified atom stereocenters. The van der Waals surface area contributed by atoms with Crippen LogP contribution in [0.1, 0.15) is 6.42 Å². The van der Waals surface area contributed by atoms with Crippen molar-refractivity contribution < 1.29 is 0 Å². The average Bonchev–Trinajstić information content (AvgIpc) is 2.56. The summed E-state index contributed by atoms with van der Waals surface area (Å²) >= 11 is 5.39. The third kappa shape index (κ3) is 1.77. The van der Waals surface area contributed by atoms with Gasteiger partial charge in [-0.2, -0.15) is 0 Å². The molecule has 0 spiro atoms. The van der Waals surface area contributed by atoms with Crippen molar-refractivity contribution in [3.05, 3.63) is 28.7 Å². The second-order valence-electron chi connectivity index (χ2n) is 2.77. The summed E-state index contributed by atoms with van der Waals surface area (Å²) < 4.78 is 3.51. The third-order valence-electron chi connectivity index (χ3n) is 1.85. The largest absolute Gasteiger partial charge is 0.316 e. The van der Waals surface area contributed by atoms with Crippen LogP contribution in [0.15, 0.2) is 28.7 Å². The van der Waals surface area contributed by atoms with Crippen LogP contribution in [0.2, 0.25) is 0 Å². The number of anilines is 1. The van der Waals surface area contributed by atoms with Gasteiger partial charge in [0.05, 0.1) is 0 Å². The van der Waals surface area contributed by atoms with Gasteiger partial charge in [0.2, 0.25) is 0 Å². The Labute approximate surface area is 85.4 Å². The predicted molar refractivity (Wildman–Crippen MR) is 58.6 cm³/mol. The molecule has 1 aromatic carbocycles. The van der Waals surface area contributed by atoms with Gasteiger partial charge in [0.25, 0.3) is 0 Å². The molecule has 1 aliphatic heterocycles. The quantitative estimate of drug-likeness (QED) is 0.697. The van der Waals surface area contributed by atoms with Crippen LogP contribution in [0.5, 0.6) is 0 Å². The van der Waals surface area contributed by atoms with E-state index < -0.39 is 0 Å². The van der Waals surface area contributed by atoms with E-state index in [1.165, 1.54) is 24.4 Å². The Bertz CT molecular complexity index is 271. The highest BCUT2D eigenvalue weighted by atomic mass is 79.9. The van der Waals surface area contributed by atoms with Crippen LogP contribution >= 0.6 is 27.9 Å². The van der Waals surface area contributed by atoms with E-state index in [0.717, 1.165) is 4.47 Å². The highest BCUT2D eigenvalue weighted by Gasteiger charge is 2.12. The molecule has 3 heteroatoms. The first-order valence-electron chi connectivity index (χ1n) is 4.02. The minimum Gasteiger partial charge on any atom is -0.316 e. The van der Waals surface area contributed by atoms with Gasteiger partial charge in [0, 0.05) is 22.5 Å². The maximum absolute atomic E-state index is 3.47. The minimum absolute atomic E-state index is 1.16. The van der Waals surface area contributed by atoms with E-state index >= 15 is 0 Å². The highest BCUT2D eigenvalue weighted by molar-refractivity contribution is 9.10. The molecule has 0 aromatic heterocycles. The number of halogens is 1. The molecule has 1 heterocycles. The first kappa shape index (κ1) is 8.45. The van der Waals surface area contributed by atoms with Crippen molar-refractivity contribution in [2.24, 2.45) is 0 Å². The second kappa shape index (κ2) is 3.71. The summed E-state index contributed by atoms with van der Waals surface area (Å²) in [6.45, 7) is 1.18. The Hall–Kier alpha value is -0.150. The van der Waals surface area contributed by atoms with Gasteiger partial charge in [0.15, 0.2) is 0 Å². The van der Waals surface area contributed by atoms with E-state index in [0.29, 0.717) is 0 Å². The summed E-state index contributed by atoms with van der Waals surface area (Å²) in [5.41, 5.74) is 1.31. The first-order chi connectivity index (χ1) is 5.86. The van der Waals surface area contributed by atoms with E-state index in [1.54, 1.807) is 0 Å². The van der Waals surface area contributed by atoms with E-state index in [4.69, 9.17) is 0 Å². The van der Waals surface area contributed by atoms with Crippen LogP contribution in [-0.2, 0) is 0 Å². The summed E-state index contributed by atoms with van der Waals surface area (Å²) in [5, 5.41) is 0. The van der Waals surface area contributed by atoms with Crippen molar-refractivity contribution in [1.82, 2.24) is 0 Å². The monoisotopic (exact) mass is 243 g/mol. The molecular formula is C9H10BrNS. The van der Waals surface area contributed by atoms with Crippen LogP contribution in [0.3, 0.4) is 0 Å². The molecule has 0 saturated carbocycles. The maximum atomic E-state index is 3.47. The lowest BCUT2D eigenvalue weighted by Crippen LogP contribution is -2.08. The van der Waals surface area contributed by atoms with Gasteiger partial charge in [-0.3, -0.25) is 0 Å². The van der Waals surface area contributed by atoms with Gasteiger partial charge in [-0.25, -0.2) is 0 Å². The number of hydrogen-bond donors (Lipinski definition) is 0. The lowest BCUT2D eigenvalue weighted by atomic mass is 10.3. The van der Waals surface area contributed by atoms with Crippen LogP contribution in [0, 0.1) is 0 Å². The van der Waals surface area contributed by atoms with Gasteiger partial charge < -0.3 is 4.31 Å². The molecule has 2 rings (SSSR count). The van der Waals surface area contributed by atoms with Gasteiger partial charge in [-0.05, 0) is 36.6 Å². The molecule has 12 heavy (non-hydrogen) atoms. The van der Waals surface area contributed by atoms with Crippen molar-refractivity contribution in [2.45, 2.75) is 6.42 Å². The Balaban J connectivity index is 2.21. The Morgan fingerprint density at radius 1 is 1.42 bits per heavy atom. The fourth-order valence-corrected chi connectivity index (χ4v) is 2.67. The molecule has 0 bridgehead atoms. The summed E-state index contributed by atoms with van der Waals surface area (Å²) in [7, 11) is 0. The molecule has 64 valence electrons. The number of benzene rings is 1. The van der Waals surface area contributed by atoms with Gasteiger partial charge >= 0.3 is 0 Å². The fraction of sp³-hybridized carbons (Fsp3) is 0.333. The molecule has 0 N–H and O–H groups in total. The number of rotatable bonds is 1. The zero-order valence-electron chi connectivity index (χ0n) is 6.66. The first-order valence-corrected chi connectivity index (χ1v) is 5.76. The summed E-state index contributed by atoms with van der Waals surface area (Å²) in [5.74, 6) is 1.26.